The van der Waals surface area contributed by atoms with E-state index in [0.29, 0.717) is 14.9 Å². The Kier molecular flexibility index (Phi) is 12.5. The second-order valence-corrected chi connectivity index (χ2v) is 11.2. The third-order valence-corrected chi connectivity index (χ3v) is 8.00. The van der Waals surface area contributed by atoms with Gasteiger partial charge in [-0.1, -0.05) is 59.6 Å². The van der Waals surface area contributed by atoms with Crippen molar-refractivity contribution in [2.24, 2.45) is 0 Å². The molecule has 0 spiro atoms. The normalized spacial score (nSPS) is 12.8. The maximum Gasteiger partial charge on any atom is 0.408 e. The number of benzene rings is 2. The first-order valence-corrected chi connectivity index (χ1v) is 14.6. The van der Waals surface area contributed by atoms with E-state index in [2.05, 4.69) is 26.0 Å². The number of aromatic nitrogens is 4. The Bertz CT molecular complexity index is 1490. The summed E-state index contributed by atoms with van der Waals surface area (Å²) in [4.78, 5) is 64.9. The number of ketones is 1. The minimum absolute atomic E-state index is 0.00121. The highest BCUT2D eigenvalue weighted by atomic mass is 35.5. The van der Waals surface area contributed by atoms with Crippen LogP contribution in [-0.2, 0) is 37.1 Å². The lowest BCUT2D eigenvalue weighted by Crippen LogP contribution is -2.55. The first kappa shape index (κ1) is 34.3. The minimum atomic E-state index is -1.46. The molecule has 0 radical (unpaired) electrons. The van der Waals surface area contributed by atoms with Gasteiger partial charge in [0.05, 0.1) is 21.4 Å². The molecule has 1 heterocycles. The number of carboxylic acids is 1. The third kappa shape index (κ3) is 9.92. The Hall–Kier alpha value is -4.21. The van der Waals surface area contributed by atoms with E-state index >= 15 is 0 Å². The standard InChI is InChI=1S/C27H29Cl2N7O7S/c1-15(30-27(42)43-14-17-8-5-4-6-9-17)25(41)35(3)16(2)24(40)31-20(12-22(38)39)21(37)13-36-33-26(32-34-36)44-23-18(28)10-7-11-19(23)29/h4-11,15-16,20H,12-14H2,1-3H3,(H,30,42)(H,31,40)(H,38,39). The maximum absolute atomic E-state index is 13.0. The van der Waals surface area contributed by atoms with E-state index < -0.39 is 60.8 Å². The predicted molar refractivity (Wildman–Crippen MR) is 159 cm³/mol. The van der Waals surface area contributed by atoms with E-state index in [9.17, 15) is 29.1 Å². The van der Waals surface area contributed by atoms with E-state index in [-0.39, 0.29) is 11.8 Å². The molecule has 1 aromatic heterocycles. The van der Waals surface area contributed by atoms with Crippen LogP contribution < -0.4 is 10.6 Å². The monoisotopic (exact) mass is 665 g/mol. The number of nitrogens with zero attached hydrogens (tertiary/aromatic N) is 5. The van der Waals surface area contributed by atoms with Crippen LogP contribution in [0.15, 0.2) is 58.6 Å². The molecule has 0 aliphatic heterocycles. The van der Waals surface area contributed by atoms with Gasteiger partial charge in [-0.3, -0.25) is 19.2 Å². The molecule has 0 aliphatic rings. The number of aliphatic carboxylic acids is 1. The number of carboxylic acid groups (broad SMARTS) is 1. The van der Waals surface area contributed by atoms with Crippen LogP contribution in [0.4, 0.5) is 4.79 Å². The van der Waals surface area contributed by atoms with Crippen LogP contribution in [0.2, 0.25) is 10.0 Å². The van der Waals surface area contributed by atoms with Gasteiger partial charge in [-0.15, -0.1) is 10.2 Å². The molecule has 14 nitrogen and oxygen atoms in total. The zero-order chi connectivity index (χ0) is 32.4. The van der Waals surface area contributed by atoms with Crippen LogP contribution in [0.5, 0.6) is 0 Å². The van der Waals surface area contributed by atoms with Gasteiger partial charge >= 0.3 is 12.1 Å². The number of hydrogen-bond acceptors (Lipinski definition) is 10. The number of carbonyl (C=O) groups excluding carboxylic acids is 4. The van der Waals surface area contributed by atoms with Gasteiger partial charge in [0.25, 0.3) is 0 Å². The number of hydrogen-bond donors (Lipinski definition) is 3. The molecule has 0 saturated heterocycles. The van der Waals surface area contributed by atoms with Crippen molar-refractivity contribution in [1.82, 2.24) is 35.7 Å². The van der Waals surface area contributed by atoms with Crippen LogP contribution in [0.1, 0.15) is 25.8 Å². The fourth-order valence-corrected chi connectivity index (χ4v) is 5.00. The molecule has 3 unspecified atom stereocenters. The summed E-state index contributed by atoms with van der Waals surface area (Å²) in [5.41, 5.74) is 0.760. The Labute approximate surface area is 266 Å². The molecule has 0 bridgehead atoms. The summed E-state index contributed by atoms with van der Waals surface area (Å²) in [6, 6.07) is 10.2. The number of rotatable bonds is 14. The van der Waals surface area contributed by atoms with Crippen LogP contribution >= 0.6 is 35.0 Å². The molecule has 0 aliphatic carbocycles. The van der Waals surface area contributed by atoms with Gasteiger partial charge in [-0.05, 0) is 48.5 Å². The fraction of sp³-hybridized carbons (Fsp3) is 0.333. The van der Waals surface area contributed by atoms with E-state index in [4.69, 9.17) is 27.9 Å². The number of alkyl carbamates (subject to hydrolysis) is 1. The highest BCUT2D eigenvalue weighted by Gasteiger charge is 2.31. The number of Topliss-reactive ketones (excluding diaryl/α,β-unsaturated/α-hetero) is 1. The Morgan fingerprint density at radius 2 is 1.68 bits per heavy atom. The Balaban J connectivity index is 1.57. The lowest BCUT2D eigenvalue weighted by Gasteiger charge is -2.28. The van der Waals surface area contributed by atoms with Crippen LogP contribution in [0.25, 0.3) is 0 Å². The van der Waals surface area contributed by atoms with Crippen molar-refractivity contribution in [2.75, 3.05) is 7.05 Å². The topological polar surface area (TPSA) is 186 Å². The van der Waals surface area contributed by atoms with Crippen molar-refractivity contribution < 1.29 is 33.8 Å². The van der Waals surface area contributed by atoms with Crippen molar-refractivity contribution in [1.29, 1.82) is 0 Å². The minimum Gasteiger partial charge on any atom is -0.481 e. The number of ether oxygens (including phenoxy) is 1. The van der Waals surface area contributed by atoms with E-state index in [1.54, 1.807) is 42.5 Å². The third-order valence-electron chi connectivity index (χ3n) is 6.15. The molecule has 17 heteroatoms. The van der Waals surface area contributed by atoms with Crippen LogP contribution in [0.3, 0.4) is 0 Å². The average Bonchev–Trinajstić information content (AvgIpc) is 3.43. The summed E-state index contributed by atoms with van der Waals surface area (Å²) in [5, 5.41) is 26.7. The zero-order valence-electron chi connectivity index (χ0n) is 23.8. The van der Waals surface area contributed by atoms with E-state index in [1.807, 2.05) is 6.07 Å². The second kappa shape index (κ2) is 16.0. The first-order chi connectivity index (χ1) is 20.8. The lowest BCUT2D eigenvalue weighted by atomic mass is 10.1. The first-order valence-electron chi connectivity index (χ1n) is 13.0. The summed E-state index contributed by atoms with van der Waals surface area (Å²) < 4.78 is 5.12. The summed E-state index contributed by atoms with van der Waals surface area (Å²) in [6.07, 6.45) is -1.56. The van der Waals surface area contributed by atoms with Gasteiger partial charge in [-0.2, -0.15) is 4.80 Å². The van der Waals surface area contributed by atoms with Crippen molar-refractivity contribution in [3.63, 3.8) is 0 Å². The fourth-order valence-electron chi connectivity index (χ4n) is 3.65. The van der Waals surface area contributed by atoms with Crippen molar-refractivity contribution in [3.8, 4) is 0 Å². The zero-order valence-corrected chi connectivity index (χ0v) is 26.1. The number of carbonyl (C=O) groups is 5. The summed E-state index contributed by atoms with van der Waals surface area (Å²) >= 11 is 13.3. The molecule has 3 atom stereocenters. The molecule has 234 valence electrons. The molecule has 3 N–H and O–H groups in total. The van der Waals surface area contributed by atoms with Gasteiger partial charge in [-0.25, -0.2) is 4.79 Å². The second-order valence-electron chi connectivity index (χ2n) is 9.43. The molecule has 3 rings (SSSR count). The van der Waals surface area contributed by atoms with Gasteiger partial charge in [0.2, 0.25) is 17.0 Å². The van der Waals surface area contributed by atoms with Gasteiger partial charge < -0.3 is 25.4 Å². The quantitative estimate of drug-likeness (QED) is 0.230. The van der Waals surface area contributed by atoms with Gasteiger partial charge in [0.1, 0.15) is 31.3 Å². The highest BCUT2D eigenvalue weighted by Crippen LogP contribution is 2.36. The number of tetrazole rings is 1. The molecule has 44 heavy (non-hydrogen) atoms. The van der Waals surface area contributed by atoms with Gasteiger partial charge in [0, 0.05) is 7.05 Å². The lowest BCUT2D eigenvalue weighted by molar-refractivity contribution is -0.143. The van der Waals surface area contributed by atoms with Crippen molar-refractivity contribution >= 4 is 64.6 Å². The molecular weight excluding hydrogens is 637 g/mol. The van der Waals surface area contributed by atoms with E-state index in [0.717, 1.165) is 27.0 Å². The van der Waals surface area contributed by atoms with Gasteiger partial charge in [0.15, 0.2) is 5.78 Å². The largest absolute Gasteiger partial charge is 0.481 e. The SMILES string of the molecule is CC(NC(=O)OCc1ccccc1)C(=O)N(C)C(C)C(=O)NC(CC(=O)O)C(=O)Cn1nnc(Sc2c(Cl)cccc2Cl)n1. The number of nitrogens with one attached hydrogen (secondary N) is 2. The van der Waals surface area contributed by atoms with E-state index in [1.165, 1.54) is 20.9 Å². The molecule has 3 aromatic rings. The predicted octanol–water partition coefficient (Wildman–Crippen LogP) is 2.82. The Morgan fingerprint density at radius 1 is 1.02 bits per heavy atom. The summed E-state index contributed by atoms with van der Waals surface area (Å²) in [7, 11) is 1.33. The highest BCUT2D eigenvalue weighted by molar-refractivity contribution is 7.99. The van der Waals surface area contributed by atoms with Crippen LogP contribution in [-0.4, -0.2) is 85.0 Å². The maximum atomic E-state index is 13.0. The molecule has 2 aromatic carbocycles. The van der Waals surface area contributed by atoms with Crippen molar-refractivity contribution in [3.05, 3.63) is 64.1 Å². The number of likely N-dealkylation sites (N-methyl/N-ethyl adjacent to an activating group) is 1. The molecule has 0 fully saturated rings. The molecule has 3 amide bonds. The average molecular weight is 667 g/mol. The molecule has 0 saturated carbocycles. The number of halogens is 2. The molecular formula is C27H29Cl2N7O7S. The summed E-state index contributed by atoms with van der Waals surface area (Å²) in [6.45, 7) is 2.30. The van der Waals surface area contributed by atoms with Crippen molar-refractivity contribution in [2.45, 2.75) is 61.6 Å². The van der Waals surface area contributed by atoms with Crippen LogP contribution in [0, 0.1) is 0 Å². The number of amides is 3. The summed E-state index contributed by atoms with van der Waals surface area (Å²) in [5.74, 6) is -3.48. The smallest absolute Gasteiger partial charge is 0.408 e. The Morgan fingerprint density at radius 3 is 2.32 bits per heavy atom.